The van der Waals surface area contributed by atoms with Gasteiger partial charge in [-0.2, -0.15) is 0 Å². The maximum absolute atomic E-state index is 6.51. The Morgan fingerprint density at radius 1 is 1.10 bits per heavy atom. The van der Waals surface area contributed by atoms with E-state index in [0.29, 0.717) is 0 Å². The molecule has 0 radical (unpaired) electrons. The zero-order valence-corrected chi connectivity index (χ0v) is 13.5. The topological polar surface area (TPSA) is 35.2 Å². The lowest BCUT2D eigenvalue weighted by Crippen LogP contribution is -2.35. The molecular weight excluding hydrogens is 278 g/mol. The summed E-state index contributed by atoms with van der Waals surface area (Å²) in [5.41, 5.74) is 11.6. The first-order valence-corrected chi connectivity index (χ1v) is 8.26. The maximum atomic E-state index is 6.51. The normalized spacial score (nSPS) is 18.8. The highest BCUT2D eigenvalue weighted by Gasteiger charge is 2.27. The molecule has 1 heterocycles. The number of ether oxygens (including phenoxy) is 1. The molecular formula is C18H21NOS. The number of hydrogen-bond acceptors (Lipinski definition) is 3. The van der Waals surface area contributed by atoms with Crippen LogP contribution in [0.25, 0.3) is 0 Å². The molecule has 0 aromatic heterocycles. The summed E-state index contributed by atoms with van der Waals surface area (Å²) >= 11 is 1.83. The first-order valence-electron chi connectivity index (χ1n) is 7.28. The van der Waals surface area contributed by atoms with Gasteiger partial charge >= 0.3 is 0 Å². The molecule has 0 saturated heterocycles. The predicted molar refractivity (Wildman–Crippen MR) is 89.2 cm³/mol. The van der Waals surface area contributed by atoms with Crippen LogP contribution in [0.2, 0.25) is 0 Å². The predicted octanol–water partition coefficient (Wildman–Crippen LogP) is 4.16. The fourth-order valence-corrected chi connectivity index (χ4v) is 3.81. The summed E-state index contributed by atoms with van der Waals surface area (Å²) in [4.78, 5) is 1.21. The number of thioether (sulfide) groups is 1. The molecule has 2 atom stereocenters. The minimum atomic E-state index is -0.0924. The van der Waals surface area contributed by atoms with Crippen LogP contribution in [0.5, 0.6) is 5.75 Å². The van der Waals surface area contributed by atoms with Crippen LogP contribution < -0.4 is 10.5 Å². The average Bonchev–Trinajstić information content (AvgIpc) is 2.50. The molecule has 0 fully saturated rings. The van der Waals surface area contributed by atoms with Gasteiger partial charge in [0.1, 0.15) is 11.9 Å². The van der Waals surface area contributed by atoms with Crippen molar-refractivity contribution in [2.45, 2.75) is 37.8 Å². The van der Waals surface area contributed by atoms with Gasteiger partial charge in [0.05, 0.1) is 6.04 Å². The molecule has 2 aromatic carbocycles. The quantitative estimate of drug-likeness (QED) is 0.904. The van der Waals surface area contributed by atoms with E-state index in [0.717, 1.165) is 11.5 Å². The van der Waals surface area contributed by atoms with E-state index in [1.54, 1.807) is 0 Å². The van der Waals surface area contributed by atoms with Crippen molar-refractivity contribution in [3.8, 4) is 5.75 Å². The second kappa shape index (κ2) is 5.74. The van der Waals surface area contributed by atoms with E-state index in [9.17, 15) is 0 Å². The molecule has 0 bridgehead atoms. The lowest BCUT2D eigenvalue weighted by Gasteiger charge is -2.31. The van der Waals surface area contributed by atoms with Crippen molar-refractivity contribution in [1.82, 2.24) is 0 Å². The Bertz CT molecular complexity index is 668. The van der Waals surface area contributed by atoms with Crippen LogP contribution in [0.3, 0.4) is 0 Å². The Morgan fingerprint density at radius 2 is 1.81 bits per heavy atom. The van der Waals surface area contributed by atoms with Crippen LogP contribution in [-0.4, -0.2) is 11.9 Å². The minimum absolute atomic E-state index is 0.0192. The molecule has 2 nitrogen and oxygen atoms in total. The Hall–Kier alpha value is -1.45. The molecule has 0 aliphatic carbocycles. The molecule has 0 saturated carbocycles. The van der Waals surface area contributed by atoms with Crippen LogP contribution in [0.4, 0.5) is 0 Å². The third-order valence-corrected chi connectivity index (χ3v) is 5.32. The lowest BCUT2D eigenvalue weighted by atomic mass is 9.94. The molecule has 1 aliphatic heterocycles. The van der Waals surface area contributed by atoms with Crippen molar-refractivity contribution in [3.63, 3.8) is 0 Å². The Balaban J connectivity index is 1.87. The van der Waals surface area contributed by atoms with Crippen LogP contribution >= 0.6 is 11.8 Å². The monoisotopic (exact) mass is 299 g/mol. The first kappa shape index (κ1) is 14.5. The zero-order chi connectivity index (χ0) is 15.0. The molecule has 2 unspecified atom stereocenters. The summed E-state index contributed by atoms with van der Waals surface area (Å²) < 4.78 is 6.13. The van der Waals surface area contributed by atoms with Crippen molar-refractivity contribution >= 4 is 11.8 Å². The van der Waals surface area contributed by atoms with Gasteiger partial charge in [-0.1, -0.05) is 24.3 Å². The summed E-state index contributed by atoms with van der Waals surface area (Å²) in [5, 5.41) is 0. The van der Waals surface area contributed by atoms with E-state index in [1.165, 1.54) is 27.1 Å². The second-order valence-electron chi connectivity index (χ2n) is 5.73. The summed E-state index contributed by atoms with van der Waals surface area (Å²) in [6.45, 7) is 6.41. The molecule has 3 heteroatoms. The van der Waals surface area contributed by atoms with Gasteiger partial charge < -0.3 is 10.5 Å². The number of rotatable bonds is 2. The summed E-state index contributed by atoms with van der Waals surface area (Å²) in [6, 6.07) is 12.5. The first-order chi connectivity index (χ1) is 10.1. The van der Waals surface area contributed by atoms with Crippen molar-refractivity contribution in [3.05, 3.63) is 58.7 Å². The van der Waals surface area contributed by atoms with E-state index >= 15 is 0 Å². The number of nitrogens with two attached hydrogens (primary N) is 1. The van der Waals surface area contributed by atoms with Crippen LogP contribution in [0.1, 0.15) is 28.3 Å². The third-order valence-electron chi connectivity index (χ3n) is 4.17. The van der Waals surface area contributed by atoms with Gasteiger partial charge in [0.15, 0.2) is 0 Å². The highest BCUT2D eigenvalue weighted by atomic mass is 32.2. The molecule has 0 spiro atoms. The molecule has 110 valence electrons. The SMILES string of the molecule is Cc1cc(C)c(C(N)C2CSc3ccccc3O2)cc1C. The van der Waals surface area contributed by atoms with Crippen LogP contribution in [0.15, 0.2) is 41.3 Å². The van der Waals surface area contributed by atoms with Gasteiger partial charge in [-0.25, -0.2) is 0 Å². The van der Waals surface area contributed by atoms with Crippen molar-refractivity contribution in [2.24, 2.45) is 5.73 Å². The highest BCUT2D eigenvalue weighted by Crippen LogP contribution is 2.38. The van der Waals surface area contributed by atoms with Gasteiger partial charge in [-0.05, 0) is 55.2 Å². The van der Waals surface area contributed by atoms with E-state index < -0.39 is 0 Å². The van der Waals surface area contributed by atoms with Crippen LogP contribution in [-0.2, 0) is 0 Å². The highest BCUT2D eigenvalue weighted by molar-refractivity contribution is 7.99. The number of fused-ring (bicyclic) bond motifs is 1. The number of benzene rings is 2. The zero-order valence-electron chi connectivity index (χ0n) is 12.7. The molecule has 0 amide bonds. The lowest BCUT2D eigenvalue weighted by molar-refractivity contribution is 0.185. The maximum Gasteiger partial charge on any atom is 0.133 e. The third kappa shape index (κ3) is 2.81. The van der Waals surface area contributed by atoms with Gasteiger partial charge in [0.25, 0.3) is 0 Å². The fourth-order valence-electron chi connectivity index (χ4n) is 2.76. The van der Waals surface area contributed by atoms with Gasteiger partial charge in [-0.15, -0.1) is 11.8 Å². The van der Waals surface area contributed by atoms with Crippen molar-refractivity contribution < 1.29 is 4.74 Å². The van der Waals surface area contributed by atoms with E-state index in [1.807, 2.05) is 30.0 Å². The molecule has 21 heavy (non-hydrogen) atoms. The molecule has 3 rings (SSSR count). The summed E-state index contributed by atoms with van der Waals surface area (Å²) in [6.07, 6.45) is 0.0192. The Labute approximate surface area is 130 Å². The molecule has 2 N–H and O–H groups in total. The van der Waals surface area contributed by atoms with E-state index in [4.69, 9.17) is 10.5 Å². The van der Waals surface area contributed by atoms with E-state index in [2.05, 4.69) is 39.0 Å². The summed E-state index contributed by atoms with van der Waals surface area (Å²) in [7, 11) is 0. The van der Waals surface area contributed by atoms with Gasteiger partial charge in [0, 0.05) is 10.6 Å². The largest absolute Gasteiger partial charge is 0.486 e. The van der Waals surface area contributed by atoms with Crippen molar-refractivity contribution in [1.29, 1.82) is 0 Å². The number of hydrogen-bond donors (Lipinski definition) is 1. The second-order valence-corrected chi connectivity index (χ2v) is 6.79. The Morgan fingerprint density at radius 3 is 2.62 bits per heavy atom. The van der Waals surface area contributed by atoms with Gasteiger partial charge in [0.2, 0.25) is 0 Å². The standard InChI is InChI=1S/C18H21NOS/c1-11-8-13(3)14(9-12(11)2)18(19)16-10-21-17-7-5-4-6-15(17)20-16/h4-9,16,18H,10,19H2,1-3H3. The number of aryl methyl sites for hydroxylation is 3. The molecule has 1 aliphatic rings. The summed E-state index contributed by atoms with van der Waals surface area (Å²) in [5.74, 6) is 1.85. The van der Waals surface area contributed by atoms with Crippen molar-refractivity contribution in [2.75, 3.05) is 5.75 Å². The Kier molecular flexibility index (Phi) is 3.96. The van der Waals surface area contributed by atoms with Gasteiger partial charge in [-0.3, -0.25) is 0 Å². The average molecular weight is 299 g/mol. The fraction of sp³-hybridized carbons (Fsp3) is 0.333. The van der Waals surface area contributed by atoms with E-state index in [-0.39, 0.29) is 12.1 Å². The minimum Gasteiger partial charge on any atom is -0.486 e. The number of para-hydroxylation sites is 1. The van der Waals surface area contributed by atoms with Crippen LogP contribution in [0, 0.1) is 20.8 Å². The molecule has 2 aromatic rings. The smallest absolute Gasteiger partial charge is 0.133 e.